The maximum absolute atomic E-state index is 11.9. The molecule has 1 rings (SSSR count). The molecule has 8 heteroatoms. The van der Waals surface area contributed by atoms with Gasteiger partial charge in [0, 0.05) is 27.1 Å². The van der Waals surface area contributed by atoms with Gasteiger partial charge >= 0.3 is 12.0 Å². The van der Waals surface area contributed by atoms with Crippen LogP contribution >= 0.6 is 0 Å². The molecule has 0 radical (unpaired) electrons. The number of nitrogens with zero attached hydrogens (tertiary/aromatic N) is 3. The number of aliphatic carboxylic acids is 1. The SMILES string of the molecule is CCC(C(=O)O)N(C)C(=O)CCCN1C(=O)CN(C)C1=O. The number of hydrogen-bond acceptors (Lipinski definition) is 4. The monoisotopic (exact) mass is 299 g/mol. The van der Waals surface area contributed by atoms with Gasteiger partial charge < -0.3 is 14.9 Å². The van der Waals surface area contributed by atoms with Gasteiger partial charge in [0.15, 0.2) is 0 Å². The summed E-state index contributed by atoms with van der Waals surface area (Å²) in [7, 11) is 2.99. The highest BCUT2D eigenvalue weighted by atomic mass is 16.4. The molecular formula is C13H21N3O5. The fourth-order valence-corrected chi connectivity index (χ4v) is 2.24. The van der Waals surface area contributed by atoms with Crippen molar-refractivity contribution in [3.8, 4) is 0 Å². The molecule has 1 aliphatic rings. The Labute approximate surface area is 123 Å². The van der Waals surface area contributed by atoms with Gasteiger partial charge in [-0.15, -0.1) is 0 Å². The highest BCUT2D eigenvalue weighted by Gasteiger charge is 2.33. The predicted octanol–water partition coefficient (Wildman–Crippen LogP) is -0.0178. The van der Waals surface area contributed by atoms with Gasteiger partial charge in [-0.3, -0.25) is 14.5 Å². The van der Waals surface area contributed by atoms with E-state index >= 15 is 0 Å². The van der Waals surface area contributed by atoms with E-state index in [0.29, 0.717) is 12.8 Å². The number of likely N-dealkylation sites (N-methyl/N-ethyl adjacent to an activating group) is 2. The Kier molecular flexibility index (Phi) is 5.69. The maximum Gasteiger partial charge on any atom is 0.326 e. The van der Waals surface area contributed by atoms with Crippen LogP contribution in [0.3, 0.4) is 0 Å². The number of imide groups is 1. The minimum atomic E-state index is -1.04. The molecular weight excluding hydrogens is 278 g/mol. The fraction of sp³-hybridized carbons (Fsp3) is 0.692. The Morgan fingerprint density at radius 3 is 2.43 bits per heavy atom. The lowest BCUT2D eigenvalue weighted by Crippen LogP contribution is -2.42. The van der Waals surface area contributed by atoms with Crippen LogP contribution in [0.5, 0.6) is 0 Å². The molecule has 1 N–H and O–H groups in total. The second-order valence-corrected chi connectivity index (χ2v) is 5.05. The molecule has 1 fully saturated rings. The molecule has 1 aliphatic heterocycles. The van der Waals surface area contributed by atoms with Crippen molar-refractivity contribution in [3.05, 3.63) is 0 Å². The molecule has 0 saturated carbocycles. The topological polar surface area (TPSA) is 98.2 Å². The Balaban J connectivity index is 2.45. The van der Waals surface area contributed by atoms with Crippen molar-refractivity contribution < 1.29 is 24.3 Å². The molecule has 1 atom stereocenters. The van der Waals surface area contributed by atoms with E-state index in [2.05, 4.69) is 0 Å². The standard InChI is InChI=1S/C13H21N3O5/c1-4-9(12(19)20)15(3)10(17)6-5-7-16-11(18)8-14(2)13(16)21/h9H,4-8H2,1-3H3,(H,19,20). The molecule has 0 aromatic rings. The lowest BCUT2D eigenvalue weighted by molar-refractivity contribution is -0.149. The average molecular weight is 299 g/mol. The number of carbonyl (C=O) groups excluding carboxylic acids is 3. The second kappa shape index (κ2) is 7.05. The predicted molar refractivity (Wildman–Crippen MR) is 73.5 cm³/mol. The average Bonchev–Trinajstić information content (AvgIpc) is 2.65. The van der Waals surface area contributed by atoms with Crippen LogP contribution in [0, 0.1) is 0 Å². The summed E-state index contributed by atoms with van der Waals surface area (Å²) >= 11 is 0. The first-order valence-electron chi connectivity index (χ1n) is 6.83. The third kappa shape index (κ3) is 3.93. The normalized spacial score (nSPS) is 16.3. The maximum atomic E-state index is 11.9. The van der Waals surface area contributed by atoms with Gasteiger partial charge in [-0.05, 0) is 12.8 Å². The van der Waals surface area contributed by atoms with Crippen molar-refractivity contribution in [2.45, 2.75) is 32.2 Å². The lowest BCUT2D eigenvalue weighted by Gasteiger charge is -2.24. The summed E-state index contributed by atoms with van der Waals surface area (Å²) in [6, 6.07) is -1.21. The van der Waals surface area contributed by atoms with E-state index in [1.807, 2.05) is 0 Å². The summed E-state index contributed by atoms with van der Waals surface area (Å²) in [5, 5.41) is 8.99. The smallest absolute Gasteiger partial charge is 0.326 e. The Hall–Kier alpha value is -2.12. The zero-order valence-corrected chi connectivity index (χ0v) is 12.5. The molecule has 8 nitrogen and oxygen atoms in total. The molecule has 21 heavy (non-hydrogen) atoms. The third-order valence-corrected chi connectivity index (χ3v) is 3.54. The first-order valence-corrected chi connectivity index (χ1v) is 6.83. The molecule has 0 aromatic heterocycles. The molecule has 0 aromatic carbocycles. The number of rotatable bonds is 7. The summed E-state index contributed by atoms with van der Waals surface area (Å²) in [5.74, 6) is -1.63. The van der Waals surface area contributed by atoms with Crippen LogP contribution < -0.4 is 0 Å². The Bertz CT molecular complexity index is 451. The van der Waals surface area contributed by atoms with Gasteiger partial charge in [0.2, 0.25) is 11.8 Å². The number of hydrogen-bond donors (Lipinski definition) is 1. The van der Waals surface area contributed by atoms with E-state index < -0.39 is 12.0 Å². The van der Waals surface area contributed by atoms with Crippen molar-refractivity contribution in [2.24, 2.45) is 0 Å². The zero-order chi connectivity index (χ0) is 16.2. The number of urea groups is 1. The molecule has 1 saturated heterocycles. The first kappa shape index (κ1) is 16.9. The number of amides is 4. The van der Waals surface area contributed by atoms with Crippen molar-refractivity contribution in [2.75, 3.05) is 27.2 Å². The van der Waals surface area contributed by atoms with E-state index in [9.17, 15) is 19.2 Å². The molecule has 1 unspecified atom stereocenters. The third-order valence-electron chi connectivity index (χ3n) is 3.54. The largest absolute Gasteiger partial charge is 0.480 e. The van der Waals surface area contributed by atoms with Gasteiger partial charge in [0.05, 0.1) is 0 Å². The van der Waals surface area contributed by atoms with Crippen LogP contribution in [0.4, 0.5) is 4.79 Å². The van der Waals surface area contributed by atoms with Crippen LogP contribution in [0.1, 0.15) is 26.2 Å². The summed E-state index contributed by atoms with van der Waals surface area (Å²) < 4.78 is 0. The fourth-order valence-electron chi connectivity index (χ4n) is 2.24. The van der Waals surface area contributed by atoms with Crippen LogP contribution in [0.2, 0.25) is 0 Å². The van der Waals surface area contributed by atoms with E-state index in [0.717, 1.165) is 4.90 Å². The lowest BCUT2D eigenvalue weighted by atomic mass is 10.1. The summed E-state index contributed by atoms with van der Waals surface area (Å²) in [5.41, 5.74) is 0. The number of carbonyl (C=O) groups is 4. The van der Waals surface area contributed by atoms with E-state index in [4.69, 9.17) is 5.11 Å². The molecule has 0 bridgehead atoms. The zero-order valence-electron chi connectivity index (χ0n) is 12.5. The highest BCUT2D eigenvalue weighted by molar-refractivity contribution is 6.01. The van der Waals surface area contributed by atoms with Gasteiger partial charge in [-0.1, -0.05) is 6.92 Å². The van der Waals surface area contributed by atoms with Crippen LogP contribution in [-0.4, -0.2) is 76.8 Å². The van der Waals surface area contributed by atoms with E-state index in [1.165, 1.54) is 23.9 Å². The summed E-state index contributed by atoms with van der Waals surface area (Å²) in [6.07, 6.45) is 0.747. The molecule has 0 aliphatic carbocycles. The van der Waals surface area contributed by atoms with Crippen LogP contribution in [0.15, 0.2) is 0 Å². The summed E-state index contributed by atoms with van der Waals surface area (Å²) in [4.78, 5) is 49.7. The molecule has 0 spiro atoms. The Morgan fingerprint density at radius 2 is 2.00 bits per heavy atom. The van der Waals surface area contributed by atoms with E-state index in [1.54, 1.807) is 6.92 Å². The van der Waals surface area contributed by atoms with Gasteiger partial charge in [-0.2, -0.15) is 0 Å². The van der Waals surface area contributed by atoms with Crippen molar-refractivity contribution in [1.29, 1.82) is 0 Å². The van der Waals surface area contributed by atoms with Crippen LogP contribution in [-0.2, 0) is 14.4 Å². The minimum absolute atomic E-state index is 0.0591. The first-order chi connectivity index (χ1) is 9.79. The van der Waals surface area contributed by atoms with Gasteiger partial charge in [0.25, 0.3) is 0 Å². The number of carboxylic acid groups (broad SMARTS) is 1. The quantitative estimate of drug-likeness (QED) is 0.666. The van der Waals surface area contributed by atoms with Crippen LogP contribution in [0.25, 0.3) is 0 Å². The van der Waals surface area contributed by atoms with Gasteiger partial charge in [-0.25, -0.2) is 9.59 Å². The number of carboxylic acids is 1. The van der Waals surface area contributed by atoms with E-state index in [-0.39, 0.29) is 37.4 Å². The second-order valence-electron chi connectivity index (χ2n) is 5.05. The Morgan fingerprint density at radius 1 is 1.38 bits per heavy atom. The molecule has 118 valence electrons. The van der Waals surface area contributed by atoms with Crippen molar-refractivity contribution >= 4 is 23.8 Å². The van der Waals surface area contributed by atoms with Crippen molar-refractivity contribution in [1.82, 2.24) is 14.7 Å². The minimum Gasteiger partial charge on any atom is -0.480 e. The van der Waals surface area contributed by atoms with Gasteiger partial charge in [0.1, 0.15) is 12.6 Å². The summed E-state index contributed by atoms with van der Waals surface area (Å²) in [6.45, 7) is 1.93. The van der Waals surface area contributed by atoms with Crippen molar-refractivity contribution in [3.63, 3.8) is 0 Å². The highest BCUT2D eigenvalue weighted by Crippen LogP contribution is 2.11. The molecule has 4 amide bonds. The molecule has 1 heterocycles.